The molecule has 3 aromatic heterocycles. The molecule has 0 aliphatic heterocycles. The fourth-order valence-electron chi connectivity index (χ4n) is 2.11. The molecule has 0 saturated carbocycles. The maximum absolute atomic E-state index is 5.77. The van der Waals surface area contributed by atoms with Crippen LogP contribution in [0.15, 0.2) is 47.3 Å². The molecule has 2 N–H and O–H groups in total. The van der Waals surface area contributed by atoms with E-state index in [9.17, 15) is 0 Å². The third kappa shape index (κ3) is 3.01. The summed E-state index contributed by atoms with van der Waals surface area (Å²) in [6.45, 7) is 0.384. The Morgan fingerprint density at radius 1 is 1.14 bits per heavy atom. The van der Waals surface area contributed by atoms with Gasteiger partial charge in [-0.1, -0.05) is 0 Å². The van der Waals surface area contributed by atoms with Gasteiger partial charge in [-0.3, -0.25) is 9.67 Å². The molecule has 0 saturated heterocycles. The van der Waals surface area contributed by atoms with Gasteiger partial charge in [-0.15, -0.1) is 0 Å². The van der Waals surface area contributed by atoms with Gasteiger partial charge in [0, 0.05) is 42.2 Å². The monoisotopic (exact) mass is 343 g/mol. The van der Waals surface area contributed by atoms with Gasteiger partial charge < -0.3 is 5.73 Å². The van der Waals surface area contributed by atoms with E-state index in [1.54, 1.807) is 10.9 Å². The van der Waals surface area contributed by atoms with E-state index < -0.39 is 0 Å². The van der Waals surface area contributed by atoms with Crippen LogP contribution < -0.4 is 5.73 Å². The Morgan fingerprint density at radius 3 is 2.67 bits per heavy atom. The van der Waals surface area contributed by atoms with Gasteiger partial charge in [0.2, 0.25) is 0 Å². The first-order valence-corrected chi connectivity index (χ1v) is 7.27. The molecule has 5 nitrogen and oxygen atoms in total. The van der Waals surface area contributed by atoms with Crippen LogP contribution in [0.1, 0.15) is 5.69 Å². The molecular weight excluding hydrogens is 330 g/mol. The fourth-order valence-corrected chi connectivity index (χ4v) is 2.48. The van der Waals surface area contributed by atoms with E-state index in [1.165, 1.54) is 0 Å². The highest BCUT2D eigenvalue weighted by Gasteiger charge is 2.09. The summed E-state index contributed by atoms with van der Waals surface area (Å²) in [5.74, 6) is 0. The molecule has 3 heterocycles. The van der Waals surface area contributed by atoms with Crippen molar-refractivity contribution in [1.29, 1.82) is 0 Å². The number of nitrogens with two attached hydrogens (primary N) is 1. The number of aromatic nitrogens is 4. The topological polar surface area (TPSA) is 69.6 Å². The molecule has 0 bridgehead atoms. The number of pyridine rings is 2. The molecule has 0 unspecified atom stereocenters. The highest BCUT2D eigenvalue weighted by atomic mass is 79.9. The highest BCUT2D eigenvalue weighted by Crippen LogP contribution is 2.26. The van der Waals surface area contributed by atoms with E-state index in [-0.39, 0.29) is 0 Å². The van der Waals surface area contributed by atoms with E-state index in [0.717, 1.165) is 32.7 Å². The smallest absolute Gasteiger partial charge is 0.111 e. The van der Waals surface area contributed by atoms with Crippen molar-refractivity contribution < 1.29 is 0 Å². The third-order valence-corrected chi connectivity index (χ3v) is 3.54. The van der Waals surface area contributed by atoms with Crippen LogP contribution in [0, 0.1) is 0 Å². The van der Waals surface area contributed by atoms with Gasteiger partial charge >= 0.3 is 0 Å². The quantitative estimate of drug-likeness (QED) is 0.793. The Morgan fingerprint density at radius 2 is 2.00 bits per heavy atom. The molecule has 0 amide bonds. The first-order chi connectivity index (χ1) is 10.2. The zero-order valence-electron chi connectivity index (χ0n) is 11.5. The van der Waals surface area contributed by atoms with Gasteiger partial charge in [-0.05, 0) is 45.8 Å². The van der Waals surface area contributed by atoms with Crippen LogP contribution in [0.4, 0.5) is 0 Å². The van der Waals surface area contributed by atoms with Crippen LogP contribution in [0.25, 0.3) is 22.5 Å². The number of hydrogen-bond donors (Lipinski definition) is 1. The van der Waals surface area contributed by atoms with Gasteiger partial charge in [0.15, 0.2) is 0 Å². The summed E-state index contributed by atoms with van der Waals surface area (Å²) in [6, 6.07) is 7.94. The molecule has 0 aliphatic carbocycles. The van der Waals surface area contributed by atoms with Crippen molar-refractivity contribution in [1.82, 2.24) is 19.7 Å². The number of aryl methyl sites for hydroxylation is 1. The minimum absolute atomic E-state index is 0.384. The lowest BCUT2D eigenvalue weighted by molar-refractivity contribution is 0.769. The van der Waals surface area contributed by atoms with Gasteiger partial charge in [0.05, 0.1) is 11.4 Å². The molecule has 0 atom stereocenters. The Balaban J connectivity index is 2.13. The van der Waals surface area contributed by atoms with Gasteiger partial charge in [-0.2, -0.15) is 5.10 Å². The first-order valence-electron chi connectivity index (χ1n) is 6.47. The molecule has 3 aromatic rings. The van der Waals surface area contributed by atoms with Crippen LogP contribution in [0.3, 0.4) is 0 Å². The van der Waals surface area contributed by atoms with Crippen LogP contribution >= 0.6 is 15.9 Å². The lowest BCUT2D eigenvalue weighted by atomic mass is 10.1. The predicted octanol–water partition coefficient (Wildman–Crippen LogP) is 2.77. The minimum Gasteiger partial charge on any atom is -0.325 e. The molecule has 0 fully saturated rings. The van der Waals surface area contributed by atoms with Crippen molar-refractivity contribution in [3.63, 3.8) is 0 Å². The van der Waals surface area contributed by atoms with Gasteiger partial charge in [0.25, 0.3) is 0 Å². The Labute approximate surface area is 131 Å². The SMILES string of the molecule is Cn1ccc(-c2cc(-c3cncc(Br)c3)cc(CN)n2)n1. The van der Waals surface area contributed by atoms with Crippen molar-refractivity contribution in [3.8, 4) is 22.5 Å². The zero-order chi connectivity index (χ0) is 14.8. The van der Waals surface area contributed by atoms with Crippen molar-refractivity contribution in [2.45, 2.75) is 6.54 Å². The summed E-state index contributed by atoms with van der Waals surface area (Å²) in [4.78, 5) is 8.75. The number of rotatable bonds is 3. The van der Waals surface area contributed by atoms with Crippen LogP contribution in [-0.4, -0.2) is 19.7 Å². The molecule has 106 valence electrons. The zero-order valence-corrected chi connectivity index (χ0v) is 13.1. The minimum atomic E-state index is 0.384. The summed E-state index contributed by atoms with van der Waals surface area (Å²) in [6.07, 6.45) is 5.48. The van der Waals surface area contributed by atoms with E-state index in [0.29, 0.717) is 6.54 Å². The Hall–Kier alpha value is -2.05. The summed E-state index contributed by atoms with van der Waals surface area (Å²) in [7, 11) is 1.88. The molecule has 21 heavy (non-hydrogen) atoms. The van der Waals surface area contributed by atoms with Gasteiger partial charge in [-0.25, -0.2) is 4.98 Å². The van der Waals surface area contributed by atoms with Crippen LogP contribution in [0.5, 0.6) is 0 Å². The van der Waals surface area contributed by atoms with Crippen molar-refractivity contribution in [3.05, 3.63) is 53.0 Å². The second-order valence-corrected chi connectivity index (χ2v) is 5.62. The molecular formula is C15H14BrN5. The average molecular weight is 344 g/mol. The molecule has 0 aliphatic rings. The first kappa shape index (κ1) is 13.9. The van der Waals surface area contributed by atoms with Crippen molar-refractivity contribution in [2.75, 3.05) is 0 Å². The molecule has 6 heteroatoms. The van der Waals surface area contributed by atoms with Crippen LogP contribution in [-0.2, 0) is 13.6 Å². The third-order valence-electron chi connectivity index (χ3n) is 3.10. The predicted molar refractivity (Wildman–Crippen MR) is 85.3 cm³/mol. The van der Waals surface area contributed by atoms with E-state index in [2.05, 4.69) is 31.0 Å². The number of halogens is 1. The number of nitrogens with zero attached hydrogens (tertiary/aromatic N) is 4. The van der Waals surface area contributed by atoms with Crippen molar-refractivity contribution in [2.24, 2.45) is 12.8 Å². The molecule has 0 spiro atoms. The van der Waals surface area contributed by atoms with E-state index in [1.807, 2.05) is 43.7 Å². The fraction of sp³-hybridized carbons (Fsp3) is 0.133. The maximum atomic E-state index is 5.77. The number of hydrogen-bond acceptors (Lipinski definition) is 4. The normalized spacial score (nSPS) is 10.8. The Bertz CT molecular complexity index is 781. The Kier molecular flexibility index (Phi) is 3.81. The second kappa shape index (κ2) is 5.75. The summed E-state index contributed by atoms with van der Waals surface area (Å²) in [5, 5.41) is 4.40. The summed E-state index contributed by atoms with van der Waals surface area (Å²) < 4.78 is 2.69. The largest absolute Gasteiger partial charge is 0.325 e. The molecule has 0 aromatic carbocycles. The highest BCUT2D eigenvalue weighted by molar-refractivity contribution is 9.10. The lowest BCUT2D eigenvalue weighted by Crippen LogP contribution is -2.01. The maximum Gasteiger partial charge on any atom is 0.111 e. The van der Waals surface area contributed by atoms with Gasteiger partial charge in [0.1, 0.15) is 5.69 Å². The second-order valence-electron chi connectivity index (χ2n) is 4.70. The van der Waals surface area contributed by atoms with Crippen molar-refractivity contribution >= 4 is 15.9 Å². The summed E-state index contributed by atoms with van der Waals surface area (Å²) >= 11 is 3.44. The molecule has 0 radical (unpaired) electrons. The van der Waals surface area contributed by atoms with E-state index in [4.69, 9.17) is 5.73 Å². The van der Waals surface area contributed by atoms with Crippen LogP contribution in [0.2, 0.25) is 0 Å². The average Bonchev–Trinajstić information content (AvgIpc) is 2.93. The molecule has 3 rings (SSSR count). The summed E-state index contributed by atoms with van der Waals surface area (Å²) in [5.41, 5.74) is 10.3. The van der Waals surface area contributed by atoms with E-state index >= 15 is 0 Å². The standard InChI is InChI=1S/C15H14BrN5/c1-21-3-2-14(20-21)15-6-10(5-13(7-17)19-15)11-4-12(16)9-18-8-11/h2-6,8-9H,7,17H2,1H3. The lowest BCUT2D eigenvalue weighted by Gasteiger charge is -2.07.